The molecule has 2 heterocycles. The Morgan fingerprint density at radius 3 is 2.65 bits per heavy atom. The van der Waals surface area contributed by atoms with Crippen molar-refractivity contribution >= 4 is 23.4 Å². The Morgan fingerprint density at radius 1 is 1.23 bits per heavy atom. The van der Waals surface area contributed by atoms with Gasteiger partial charge in [-0.05, 0) is 49.9 Å². The van der Waals surface area contributed by atoms with Crippen LogP contribution < -0.4 is 10.9 Å². The first-order chi connectivity index (χ1) is 12.6. The minimum absolute atomic E-state index is 0.134. The molecule has 1 aliphatic heterocycles. The molecular formula is C19H24N4O2S. The second-order valence-corrected chi connectivity index (χ2v) is 7.36. The van der Waals surface area contributed by atoms with Crippen molar-refractivity contribution in [1.29, 1.82) is 0 Å². The summed E-state index contributed by atoms with van der Waals surface area (Å²) in [7, 11) is 0. The Labute approximate surface area is 157 Å². The highest BCUT2D eigenvalue weighted by molar-refractivity contribution is 7.97. The number of carbonyl (C=O) groups is 1. The van der Waals surface area contributed by atoms with E-state index in [1.807, 2.05) is 30.5 Å². The lowest BCUT2D eigenvalue weighted by molar-refractivity contribution is 0.102. The van der Waals surface area contributed by atoms with Gasteiger partial charge in [0.15, 0.2) is 0 Å². The number of rotatable bonds is 6. The Balaban J connectivity index is 1.63. The number of aromatic nitrogens is 2. The molecule has 3 rings (SSSR count). The largest absolute Gasteiger partial charge is 0.321 e. The third kappa shape index (κ3) is 5.19. The van der Waals surface area contributed by atoms with Crippen LogP contribution in [-0.4, -0.2) is 40.1 Å². The molecule has 0 aliphatic carbocycles. The fraction of sp³-hybridized carbons (Fsp3) is 0.421. The molecule has 0 unspecified atom stereocenters. The van der Waals surface area contributed by atoms with Gasteiger partial charge >= 0.3 is 0 Å². The van der Waals surface area contributed by atoms with Crippen molar-refractivity contribution in [3.8, 4) is 0 Å². The van der Waals surface area contributed by atoms with Gasteiger partial charge in [-0.15, -0.1) is 0 Å². The fourth-order valence-electron chi connectivity index (χ4n) is 3.09. The molecule has 0 bridgehead atoms. The molecule has 1 aromatic heterocycles. The molecule has 138 valence electrons. The van der Waals surface area contributed by atoms with E-state index in [1.54, 1.807) is 0 Å². The van der Waals surface area contributed by atoms with E-state index >= 15 is 0 Å². The second kappa shape index (κ2) is 9.00. The third-order valence-electron chi connectivity index (χ3n) is 4.37. The molecule has 0 atom stereocenters. The van der Waals surface area contributed by atoms with Gasteiger partial charge in [-0.25, -0.2) is 4.98 Å². The molecule has 0 radical (unpaired) electrons. The molecule has 1 amide bonds. The molecule has 1 saturated heterocycles. The lowest BCUT2D eigenvalue weighted by Gasteiger charge is -2.26. The summed E-state index contributed by atoms with van der Waals surface area (Å²) >= 11 is 1.54. The molecule has 26 heavy (non-hydrogen) atoms. The molecule has 7 heteroatoms. The van der Waals surface area contributed by atoms with E-state index in [2.05, 4.69) is 20.2 Å². The number of piperidine rings is 1. The van der Waals surface area contributed by atoms with E-state index in [9.17, 15) is 9.59 Å². The van der Waals surface area contributed by atoms with Crippen LogP contribution in [-0.2, 0) is 12.3 Å². The van der Waals surface area contributed by atoms with E-state index in [-0.39, 0.29) is 17.2 Å². The normalized spacial score (nSPS) is 15.0. The van der Waals surface area contributed by atoms with Crippen molar-refractivity contribution in [2.24, 2.45) is 0 Å². The topological polar surface area (TPSA) is 78.1 Å². The summed E-state index contributed by atoms with van der Waals surface area (Å²) in [5.41, 5.74) is 1.76. The summed E-state index contributed by atoms with van der Waals surface area (Å²) < 4.78 is 0. The van der Waals surface area contributed by atoms with Crippen LogP contribution in [0.5, 0.6) is 0 Å². The van der Waals surface area contributed by atoms with Gasteiger partial charge in [0.25, 0.3) is 11.5 Å². The molecule has 2 N–H and O–H groups in total. The highest BCUT2D eigenvalue weighted by atomic mass is 32.2. The minimum atomic E-state index is -0.373. The highest BCUT2D eigenvalue weighted by Crippen LogP contribution is 2.16. The second-order valence-electron chi connectivity index (χ2n) is 6.50. The van der Waals surface area contributed by atoms with E-state index in [0.717, 1.165) is 19.6 Å². The van der Waals surface area contributed by atoms with Crippen LogP contribution in [0.25, 0.3) is 0 Å². The van der Waals surface area contributed by atoms with Gasteiger partial charge in [0.1, 0.15) is 11.5 Å². The van der Waals surface area contributed by atoms with Crippen LogP contribution in [0.15, 0.2) is 35.1 Å². The minimum Gasteiger partial charge on any atom is -0.321 e. The number of benzene rings is 1. The molecule has 6 nitrogen and oxygen atoms in total. The number of hydrogen-bond donors (Lipinski definition) is 2. The number of thioether (sulfide) groups is 1. The van der Waals surface area contributed by atoms with Gasteiger partial charge in [-0.2, -0.15) is 11.8 Å². The van der Waals surface area contributed by atoms with Crippen molar-refractivity contribution in [3.05, 3.63) is 57.8 Å². The number of anilines is 1. The van der Waals surface area contributed by atoms with E-state index in [4.69, 9.17) is 0 Å². The number of amides is 1. The van der Waals surface area contributed by atoms with Gasteiger partial charge in [0.2, 0.25) is 0 Å². The monoisotopic (exact) mass is 372 g/mol. The number of H-pyrrole nitrogens is 1. The third-order valence-corrected chi connectivity index (χ3v) is 4.93. The summed E-state index contributed by atoms with van der Waals surface area (Å²) in [4.78, 5) is 33.4. The van der Waals surface area contributed by atoms with Crippen LogP contribution in [0.3, 0.4) is 0 Å². The van der Waals surface area contributed by atoms with Gasteiger partial charge in [-0.3, -0.25) is 14.5 Å². The van der Waals surface area contributed by atoms with Crippen molar-refractivity contribution < 1.29 is 4.79 Å². The Kier molecular flexibility index (Phi) is 6.46. The molecule has 0 saturated carbocycles. The zero-order chi connectivity index (χ0) is 18.4. The summed E-state index contributed by atoms with van der Waals surface area (Å²) in [5, 5.41) is 2.81. The Hall–Kier alpha value is -2.12. The Bertz CT molecular complexity index is 798. The predicted molar refractivity (Wildman–Crippen MR) is 106 cm³/mol. The van der Waals surface area contributed by atoms with Gasteiger partial charge in [-0.1, -0.05) is 18.6 Å². The molecule has 1 aromatic carbocycles. The molecular weight excluding hydrogens is 348 g/mol. The average molecular weight is 372 g/mol. The van der Waals surface area contributed by atoms with E-state index in [1.165, 1.54) is 42.7 Å². The van der Waals surface area contributed by atoms with Crippen molar-refractivity contribution in [2.45, 2.75) is 31.6 Å². The maximum absolute atomic E-state index is 12.4. The Morgan fingerprint density at radius 2 is 1.96 bits per heavy atom. The SMILES string of the molecule is CSCc1nc(C(=O)Nc2ccc(CN3CCCCC3)cc2)cc(=O)[nH]1. The zero-order valence-corrected chi connectivity index (χ0v) is 15.8. The fourth-order valence-corrected chi connectivity index (χ4v) is 3.50. The van der Waals surface area contributed by atoms with Gasteiger partial charge in [0, 0.05) is 18.3 Å². The van der Waals surface area contributed by atoms with Crippen LogP contribution in [0.2, 0.25) is 0 Å². The maximum Gasteiger partial charge on any atom is 0.274 e. The predicted octanol–water partition coefficient (Wildman–Crippen LogP) is 2.87. The average Bonchev–Trinajstić information content (AvgIpc) is 2.64. The van der Waals surface area contributed by atoms with E-state index in [0.29, 0.717) is 17.3 Å². The quantitative estimate of drug-likeness (QED) is 0.815. The summed E-state index contributed by atoms with van der Waals surface area (Å²) in [6.45, 7) is 3.26. The van der Waals surface area contributed by atoms with Gasteiger partial charge < -0.3 is 10.3 Å². The van der Waals surface area contributed by atoms with Crippen molar-refractivity contribution in [2.75, 3.05) is 24.7 Å². The van der Waals surface area contributed by atoms with Crippen LogP contribution >= 0.6 is 11.8 Å². The number of carbonyl (C=O) groups excluding carboxylic acids is 1. The van der Waals surface area contributed by atoms with Crippen LogP contribution in [0.1, 0.15) is 41.1 Å². The van der Waals surface area contributed by atoms with Crippen molar-refractivity contribution in [3.63, 3.8) is 0 Å². The number of aromatic amines is 1. The van der Waals surface area contributed by atoms with Crippen LogP contribution in [0, 0.1) is 0 Å². The standard InChI is InChI=1S/C19H24N4O2S/c1-26-13-17-21-16(11-18(24)22-17)19(25)20-15-7-5-14(6-8-15)12-23-9-3-2-4-10-23/h5-8,11H,2-4,9-10,12-13H2,1H3,(H,20,25)(H,21,22,24). The highest BCUT2D eigenvalue weighted by Gasteiger charge is 2.12. The maximum atomic E-state index is 12.4. The smallest absolute Gasteiger partial charge is 0.274 e. The first kappa shape index (κ1) is 18.7. The summed E-state index contributed by atoms with van der Waals surface area (Å²) in [5.74, 6) is 0.691. The molecule has 2 aromatic rings. The number of nitrogens with zero attached hydrogens (tertiary/aromatic N) is 2. The van der Waals surface area contributed by atoms with Gasteiger partial charge in [0.05, 0.1) is 5.75 Å². The molecule has 0 spiro atoms. The summed E-state index contributed by atoms with van der Waals surface area (Å²) in [6, 6.07) is 9.09. The van der Waals surface area contributed by atoms with Crippen LogP contribution in [0.4, 0.5) is 5.69 Å². The first-order valence-corrected chi connectivity index (χ1v) is 10.3. The van der Waals surface area contributed by atoms with Crippen molar-refractivity contribution in [1.82, 2.24) is 14.9 Å². The number of likely N-dealkylation sites (tertiary alicyclic amines) is 1. The number of nitrogens with one attached hydrogen (secondary N) is 2. The molecule has 1 aliphatic rings. The molecule has 1 fully saturated rings. The lowest BCUT2D eigenvalue weighted by atomic mass is 10.1. The summed E-state index contributed by atoms with van der Waals surface area (Å²) in [6.07, 6.45) is 5.79. The first-order valence-electron chi connectivity index (χ1n) is 8.86. The number of hydrogen-bond acceptors (Lipinski definition) is 5. The lowest BCUT2D eigenvalue weighted by Crippen LogP contribution is -2.29. The zero-order valence-electron chi connectivity index (χ0n) is 15.0. The van der Waals surface area contributed by atoms with E-state index < -0.39 is 0 Å².